The highest BCUT2D eigenvalue weighted by Gasteiger charge is 2.39. The number of fused-ring (bicyclic) bond motifs is 1. The highest BCUT2D eigenvalue weighted by atomic mass is 35.5. The molecule has 0 saturated heterocycles. The molecular weight excluding hydrogens is 288 g/mol. The Labute approximate surface area is 131 Å². The van der Waals surface area contributed by atoms with E-state index in [-0.39, 0.29) is 11.0 Å². The zero-order valence-corrected chi connectivity index (χ0v) is 13.5. The summed E-state index contributed by atoms with van der Waals surface area (Å²) in [6.07, 6.45) is 4.29. The zero-order chi connectivity index (χ0) is 14.9. The molecule has 3 rings (SSSR count). The fraction of sp³-hybridized carbons (Fsp3) is 0.647. The SMILES string of the molecule is COC1(CC(Cl)c2ccc3c(c2)OCC(C)CO3)CCC1. The van der Waals surface area contributed by atoms with Gasteiger partial charge in [0.25, 0.3) is 0 Å². The summed E-state index contributed by atoms with van der Waals surface area (Å²) >= 11 is 6.62. The summed E-state index contributed by atoms with van der Waals surface area (Å²) in [5.41, 5.74) is 1.06. The van der Waals surface area contributed by atoms with Gasteiger partial charge in [0.15, 0.2) is 11.5 Å². The first kappa shape index (κ1) is 15.0. The molecule has 0 aromatic heterocycles. The molecule has 2 unspecified atom stereocenters. The molecule has 0 spiro atoms. The van der Waals surface area contributed by atoms with E-state index in [2.05, 4.69) is 6.92 Å². The first-order chi connectivity index (χ1) is 10.1. The summed E-state index contributed by atoms with van der Waals surface area (Å²) in [4.78, 5) is 0. The number of hydrogen-bond acceptors (Lipinski definition) is 3. The third-order valence-corrected chi connectivity index (χ3v) is 5.03. The van der Waals surface area contributed by atoms with E-state index in [1.807, 2.05) is 18.2 Å². The number of halogens is 1. The van der Waals surface area contributed by atoms with Gasteiger partial charge in [-0.25, -0.2) is 0 Å². The Morgan fingerprint density at radius 3 is 2.62 bits per heavy atom. The van der Waals surface area contributed by atoms with Crippen molar-refractivity contribution in [3.8, 4) is 11.5 Å². The average molecular weight is 311 g/mol. The molecule has 116 valence electrons. The maximum atomic E-state index is 6.62. The van der Waals surface area contributed by atoms with E-state index in [9.17, 15) is 0 Å². The minimum Gasteiger partial charge on any atom is -0.489 e. The van der Waals surface area contributed by atoms with Gasteiger partial charge in [-0.2, -0.15) is 0 Å². The topological polar surface area (TPSA) is 27.7 Å². The molecule has 0 amide bonds. The van der Waals surface area contributed by atoms with Crippen molar-refractivity contribution < 1.29 is 14.2 Å². The molecule has 4 heteroatoms. The van der Waals surface area contributed by atoms with Crippen LogP contribution in [0.3, 0.4) is 0 Å². The van der Waals surface area contributed by atoms with Gasteiger partial charge in [-0.15, -0.1) is 11.6 Å². The first-order valence-electron chi connectivity index (χ1n) is 7.71. The Morgan fingerprint density at radius 1 is 1.29 bits per heavy atom. The quantitative estimate of drug-likeness (QED) is 0.775. The summed E-state index contributed by atoms with van der Waals surface area (Å²) in [5, 5.41) is -0.0557. The number of hydrogen-bond donors (Lipinski definition) is 0. The molecule has 1 fully saturated rings. The molecule has 1 aliphatic carbocycles. The number of rotatable bonds is 4. The van der Waals surface area contributed by atoms with Gasteiger partial charge in [0.1, 0.15) is 0 Å². The molecule has 1 heterocycles. The van der Waals surface area contributed by atoms with Gasteiger partial charge in [-0.3, -0.25) is 0 Å². The molecule has 0 N–H and O–H groups in total. The largest absolute Gasteiger partial charge is 0.489 e. The molecule has 1 aromatic rings. The van der Waals surface area contributed by atoms with Crippen molar-refractivity contribution in [2.45, 2.75) is 43.6 Å². The van der Waals surface area contributed by atoms with E-state index in [1.54, 1.807) is 7.11 Å². The minimum absolute atomic E-state index is 0.0227. The van der Waals surface area contributed by atoms with Crippen LogP contribution in [0.15, 0.2) is 18.2 Å². The lowest BCUT2D eigenvalue weighted by Crippen LogP contribution is -2.39. The van der Waals surface area contributed by atoms with Gasteiger partial charge >= 0.3 is 0 Å². The van der Waals surface area contributed by atoms with E-state index >= 15 is 0 Å². The predicted molar refractivity (Wildman–Crippen MR) is 83.4 cm³/mol. The zero-order valence-electron chi connectivity index (χ0n) is 12.7. The van der Waals surface area contributed by atoms with E-state index < -0.39 is 0 Å². The predicted octanol–water partition coefficient (Wildman–Crippen LogP) is 4.33. The Bertz CT molecular complexity index is 493. The highest BCUT2D eigenvalue weighted by Crippen LogP contribution is 2.45. The Morgan fingerprint density at radius 2 is 2.00 bits per heavy atom. The van der Waals surface area contributed by atoms with E-state index in [4.69, 9.17) is 25.8 Å². The molecule has 1 aliphatic heterocycles. The van der Waals surface area contributed by atoms with Crippen molar-refractivity contribution in [3.63, 3.8) is 0 Å². The highest BCUT2D eigenvalue weighted by molar-refractivity contribution is 6.20. The van der Waals surface area contributed by atoms with Gasteiger partial charge < -0.3 is 14.2 Å². The maximum Gasteiger partial charge on any atom is 0.161 e. The minimum atomic E-state index is -0.0557. The van der Waals surface area contributed by atoms with Crippen LogP contribution in [-0.2, 0) is 4.74 Å². The second-order valence-electron chi connectivity index (χ2n) is 6.35. The lowest BCUT2D eigenvalue weighted by molar-refractivity contribution is -0.0780. The van der Waals surface area contributed by atoms with E-state index in [1.165, 1.54) is 6.42 Å². The molecule has 21 heavy (non-hydrogen) atoms. The molecule has 3 nitrogen and oxygen atoms in total. The summed E-state index contributed by atoms with van der Waals surface area (Å²) < 4.78 is 17.3. The third-order valence-electron chi connectivity index (χ3n) is 4.63. The van der Waals surface area contributed by atoms with Gasteiger partial charge in [-0.1, -0.05) is 13.0 Å². The number of benzene rings is 1. The fourth-order valence-corrected chi connectivity index (χ4v) is 3.39. The molecule has 0 bridgehead atoms. The van der Waals surface area contributed by atoms with Crippen LogP contribution in [0.5, 0.6) is 11.5 Å². The molecular formula is C17H23ClO3. The van der Waals surface area contributed by atoms with Crippen molar-refractivity contribution in [2.24, 2.45) is 5.92 Å². The van der Waals surface area contributed by atoms with Crippen LogP contribution in [0, 0.1) is 5.92 Å². The lowest BCUT2D eigenvalue weighted by atomic mass is 9.76. The van der Waals surface area contributed by atoms with Crippen LogP contribution in [0.4, 0.5) is 0 Å². The van der Waals surface area contributed by atoms with Crippen LogP contribution in [0.2, 0.25) is 0 Å². The Balaban J connectivity index is 1.74. The lowest BCUT2D eigenvalue weighted by Gasteiger charge is -2.41. The third kappa shape index (κ3) is 3.14. The summed E-state index contributed by atoms with van der Waals surface area (Å²) in [6.45, 7) is 3.50. The molecule has 1 aromatic carbocycles. The second-order valence-corrected chi connectivity index (χ2v) is 6.87. The monoisotopic (exact) mass is 310 g/mol. The Hall–Kier alpha value is -0.930. The van der Waals surface area contributed by atoms with Crippen LogP contribution in [-0.4, -0.2) is 25.9 Å². The van der Waals surface area contributed by atoms with Gasteiger partial charge in [-0.05, 0) is 43.4 Å². The van der Waals surface area contributed by atoms with Crippen LogP contribution in [0.25, 0.3) is 0 Å². The number of ether oxygens (including phenoxy) is 3. The van der Waals surface area contributed by atoms with Gasteiger partial charge in [0, 0.05) is 13.0 Å². The van der Waals surface area contributed by atoms with Crippen molar-refractivity contribution >= 4 is 11.6 Å². The van der Waals surface area contributed by atoms with E-state index in [0.29, 0.717) is 19.1 Å². The standard InChI is InChI=1S/C17H23ClO3/c1-12-10-20-15-5-4-13(8-16(15)21-11-12)14(18)9-17(19-2)6-3-7-17/h4-5,8,12,14H,3,6-7,9-11H2,1-2H3. The summed E-state index contributed by atoms with van der Waals surface area (Å²) in [5.74, 6) is 2.03. The van der Waals surface area contributed by atoms with Crippen LogP contribution < -0.4 is 9.47 Å². The summed E-state index contributed by atoms with van der Waals surface area (Å²) in [7, 11) is 1.79. The second kappa shape index (κ2) is 6.05. The van der Waals surface area contributed by atoms with Gasteiger partial charge in [0.2, 0.25) is 0 Å². The van der Waals surface area contributed by atoms with E-state index in [0.717, 1.165) is 36.3 Å². The number of alkyl halides is 1. The maximum absolute atomic E-state index is 6.62. The Kier molecular flexibility index (Phi) is 4.32. The first-order valence-corrected chi connectivity index (χ1v) is 8.14. The summed E-state index contributed by atoms with van der Waals surface area (Å²) in [6, 6.07) is 6.03. The molecule has 2 atom stereocenters. The van der Waals surface area contributed by atoms with Crippen LogP contribution >= 0.6 is 11.6 Å². The van der Waals surface area contributed by atoms with Crippen molar-refractivity contribution in [1.29, 1.82) is 0 Å². The average Bonchev–Trinajstić information content (AvgIpc) is 2.64. The smallest absolute Gasteiger partial charge is 0.161 e. The molecule has 0 radical (unpaired) electrons. The normalized spacial score (nSPS) is 24.8. The van der Waals surface area contributed by atoms with Crippen molar-refractivity contribution in [1.82, 2.24) is 0 Å². The molecule has 1 saturated carbocycles. The van der Waals surface area contributed by atoms with Crippen molar-refractivity contribution in [3.05, 3.63) is 23.8 Å². The van der Waals surface area contributed by atoms with Gasteiger partial charge in [0.05, 0.1) is 24.2 Å². The van der Waals surface area contributed by atoms with Crippen molar-refractivity contribution in [2.75, 3.05) is 20.3 Å². The van der Waals surface area contributed by atoms with Crippen LogP contribution in [0.1, 0.15) is 43.5 Å². The molecule has 2 aliphatic rings. The number of methoxy groups -OCH3 is 1. The fourth-order valence-electron chi connectivity index (χ4n) is 2.97.